The van der Waals surface area contributed by atoms with Crippen molar-refractivity contribution in [3.05, 3.63) is 29.3 Å². The molecule has 1 aliphatic carbocycles. The molecule has 0 saturated heterocycles. The SMILES string of the molecule is C[c-]1ccc(C2CCCC2)c1.[Cl-].[Cl-].[Zr+3]. The van der Waals surface area contributed by atoms with Gasteiger partial charge in [0.1, 0.15) is 0 Å². The van der Waals surface area contributed by atoms with Gasteiger partial charge >= 0.3 is 26.2 Å². The Labute approximate surface area is 118 Å². The molecule has 0 bridgehead atoms. The molecule has 77 valence electrons. The van der Waals surface area contributed by atoms with Gasteiger partial charge in [-0.15, -0.1) is 0 Å². The number of hydrogen-bond acceptors (Lipinski definition) is 0. The number of aryl methyl sites for hydroxylation is 1. The third kappa shape index (κ3) is 4.13. The van der Waals surface area contributed by atoms with Crippen LogP contribution in [0.2, 0.25) is 0 Å². The molecule has 0 nitrogen and oxygen atoms in total. The Morgan fingerprint density at radius 3 is 2.21 bits per heavy atom. The smallest absolute Gasteiger partial charge is 1.00 e. The Morgan fingerprint density at radius 1 is 1.21 bits per heavy atom. The molecule has 0 aromatic heterocycles. The van der Waals surface area contributed by atoms with Gasteiger partial charge in [0.25, 0.3) is 0 Å². The van der Waals surface area contributed by atoms with Crippen LogP contribution in [-0.4, -0.2) is 0 Å². The quantitative estimate of drug-likeness (QED) is 0.498. The summed E-state index contributed by atoms with van der Waals surface area (Å²) in [6, 6.07) is 6.87. The van der Waals surface area contributed by atoms with Crippen LogP contribution in [0.4, 0.5) is 0 Å². The molecular formula is C11H15Cl2Zr. The van der Waals surface area contributed by atoms with E-state index in [1.54, 1.807) is 5.56 Å². The van der Waals surface area contributed by atoms with Gasteiger partial charge < -0.3 is 24.8 Å². The van der Waals surface area contributed by atoms with E-state index >= 15 is 0 Å². The topological polar surface area (TPSA) is 0 Å². The second-order valence-corrected chi connectivity index (χ2v) is 3.70. The third-order valence-corrected chi connectivity index (χ3v) is 2.76. The fraction of sp³-hybridized carbons (Fsp3) is 0.545. The molecule has 2 rings (SSSR count). The minimum atomic E-state index is 0. The van der Waals surface area contributed by atoms with E-state index in [1.165, 1.54) is 31.2 Å². The Balaban J connectivity index is 0. The first-order valence-electron chi connectivity index (χ1n) is 4.59. The van der Waals surface area contributed by atoms with E-state index in [0.717, 1.165) is 5.92 Å². The molecule has 1 saturated carbocycles. The molecule has 1 aromatic rings. The van der Waals surface area contributed by atoms with Crippen LogP contribution in [0.15, 0.2) is 18.2 Å². The minimum absolute atomic E-state index is 0. The maximum absolute atomic E-state index is 2.34. The zero-order valence-electron chi connectivity index (χ0n) is 8.39. The van der Waals surface area contributed by atoms with Crippen molar-refractivity contribution in [2.75, 3.05) is 0 Å². The molecule has 0 atom stereocenters. The molecule has 0 heterocycles. The Morgan fingerprint density at radius 2 is 1.79 bits per heavy atom. The molecule has 1 aromatic carbocycles. The summed E-state index contributed by atoms with van der Waals surface area (Å²) in [6.45, 7) is 2.18. The second kappa shape index (κ2) is 8.02. The summed E-state index contributed by atoms with van der Waals surface area (Å²) in [5.41, 5.74) is 3.01. The van der Waals surface area contributed by atoms with Gasteiger partial charge in [-0.25, -0.2) is 6.07 Å². The van der Waals surface area contributed by atoms with Crippen molar-refractivity contribution in [2.45, 2.75) is 38.5 Å². The molecular weight excluding hydrogens is 294 g/mol. The molecule has 0 amide bonds. The van der Waals surface area contributed by atoms with E-state index in [4.69, 9.17) is 0 Å². The molecule has 1 radical (unpaired) electrons. The summed E-state index contributed by atoms with van der Waals surface area (Å²) >= 11 is 0. The Bertz CT molecular complexity index is 239. The van der Waals surface area contributed by atoms with E-state index in [0.29, 0.717) is 0 Å². The van der Waals surface area contributed by atoms with Crippen LogP contribution >= 0.6 is 0 Å². The molecule has 14 heavy (non-hydrogen) atoms. The average molecular weight is 309 g/mol. The fourth-order valence-electron chi connectivity index (χ4n) is 2.10. The summed E-state index contributed by atoms with van der Waals surface area (Å²) in [4.78, 5) is 0. The summed E-state index contributed by atoms with van der Waals surface area (Å²) in [5.74, 6) is 0.892. The van der Waals surface area contributed by atoms with E-state index in [9.17, 15) is 0 Å². The van der Waals surface area contributed by atoms with Crippen LogP contribution in [0.5, 0.6) is 0 Å². The van der Waals surface area contributed by atoms with Crippen LogP contribution in [0.25, 0.3) is 0 Å². The molecule has 0 aliphatic heterocycles. The maximum Gasteiger partial charge on any atom is 3.00 e. The van der Waals surface area contributed by atoms with Gasteiger partial charge in [-0.3, -0.25) is 0 Å². The first-order chi connectivity index (χ1) is 5.36. The minimum Gasteiger partial charge on any atom is -1.00 e. The number of rotatable bonds is 1. The second-order valence-electron chi connectivity index (χ2n) is 3.70. The van der Waals surface area contributed by atoms with Gasteiger partial charge in [-0.1, -0.05) is 38.5 Å². The molecule has 1 fully saturated rings. The molecule has 0 spiro atoms. The standard InChI is InChI=1S/C11H15.2ClH.Zr/c1-9-6-7-11(8-9)10-4-2-3-5-10;;;/h6-8,10H,2-5H2,1H3;2*1H;/q-1;;;+3/p-2. The summed E-state index contributed by atoms with van der Waals surface area (Å²) in [7, 11) is 0. The summed E-state index contributed by atoms with van der Waals surface area (Å²) in [5, 5.41) is 0. The van der Waals surface area contributed by atoms with Gasteiger partial charge in [-0.05, 0) is 0 Å². The van der Waals surface area contributed by atoms with Crippen molar-refractivity contribution in [1.29, 1.82) is 0 Å². The monoisotopic (exact) mass is 307 g/mol. The average Bonchev–Trinajstić information content (AvgIpc) is 2.55. The number of halogens is 2. The summed E-state index contributed by atoms with van der Waals surface area (Å²) < 4.78 is 0. The number of hydrogen-bond donors (Lipinski definition) is 0. The van der Waals surface area contributed by atoms with Crippen LogP contribution in [0.3, 0.4) is 0 Å². The first kappa shape index (κ1) is 17.2. The zero-order valence-corrected chi connectivity index (χ0v) is 12.4. The van der Waals surface area contributed by atoms with Crippen LogP contribution in [-0.2, 0) is 26.2 Å². The van der Waals surface area contributed by atoms with Crippen molar-refractivity contribution < 1.29 is 51.0 Å². The van der Waals surface area contributed by atoms with Crippen molar-refractivity contribution in [1.82, 2.24) is 0 Å². The molecule has 1 aliphatic rings. The largest absolute Gasteiger partial charge is 3.00 e. The maximum atomic E-state index is 2.34. The van der Waals surface area contributed by atoms with Gasteiger partial charge in [0.15, 0.2) is 0 Å². The van der Waals surface area contributed by atoms with Crippen LogP contribution in [0, 0.1) is 6.92 Å². The van der Waals surface area contributed by atoms with Crippen LogP contribution in [0.1, 0.15) is 42.7 Å². The fourth-order valence-corrected chi connectivity index (χ4v) is 2.10. The van der Waals surface area contributed by atoms with Gasteiger partial charge in [0.2, 0.25) is 0 Å². The van der Waals surface area contributed by atoms with Crippen molar-refractivity contribution in [2.24, 2.45) is 0 Å². The van der Waals surface area contributed by atoms with Crippen molar-refractivity contribution in [3.63, 3.8) is 0 Å². The van der Waals surface area contributed by atoms with E-state index in [1.807, 2.05) is 0 Å². The Kier molecular flexibility index (Phi) is 9.86. The normalized spacial score (nSPS) is 15.2. The molecule has 3 heteroatoms. The molecule has 0 N–H and O–H groups in total. The predicted molar refractivity (Wildman–Crippen MR) is 48.0 cm³/mol. The molecule has 0 unspecified atom stereocenters. The van der Waals surface area contributed by atoms with Crippen LogP contribution < -0.4 is 24.8 Å². The third-order valence-electron chi connectivity index (χ3n) is 2.76. The van der Waals surface area contributed by atoms with E-state index in [2.05, 4.69) is 25.1 Å². The van der Waals surface area contributed by atoms with Gasteiger partial charge in [0.05, 0.1) is 0 Å². The van der Waals surface area contributed by atoms with Crippen molar-refractivity contribution in [3.8, 4) is 0 Å². The van der Waals surface area contributed by atoms with Gasteiger partial charge in [0, 0.05) is 0 Å². The van der Waals surface area contributed by atoms with Gasteiger partial charge in [-0.2, -0.15) is 23.3 Å². The first-order valence-corrected chi connectivity index (χ1v) is 4.59. The van der Waals surface area contributed by atoms with E-state index < -0.39 is 0 Å². The predicted octanol–water partition coefficient (Wildman–Crippen LogP) is -2.62. The van der Waals surface area contributed by atoms with Crippen molar-refractivity contribution >= 4 is 0 Å². The Hall–Kier alpha value is 0.813. The summed E-state index contributed by atoms with van der Waals surface area (Å²) in [6.07, 6.45) is 5.72. The van der Waals surface area contributed by atoms with E-state index in [-0.39, 0.29) is 51.0 Å². The zero-order chi connectivity index (χ0) is 7.68.